The molecule has 0 aromatic rings. The van der Waals surface area contributed by atoms with E-state index < -0.39 is 0 Å². The molecule has 0 N–H and O–H groups in total. The van der Waals surface area contributed by atoms with Gasteiger partial charge in [-0.3, -0.25) is 4.79 Å². The summed E-state index contributed by atoms with van der Waals surface area (Å²) >= 11 is 1.53. The third-order valence-electron chi connectivity index (χ3n) is 1.43. The fourth-order valence-electron chi connectivity index (χ4n) is 0.746. The third kappa shape index (κ3) is 11.3. The lowest BCUT2D eigenvalue weighted by atomic mass is 10.2. The van der Waals surface area contributed by atoms with Crippen molar-refractivity contribution in [2.24, 2.45) is 5.92 Å². The summed E-state index contributed by atoms with van der Waals surface area (Å²) in [4.78, 5) is 10.9. The van der Waals surface area contributed by atoms with E-state index in [1.165, 1.54) is 11.8 Å². The van der Waals surface area contributed by atoms with E-state index in [0.29, 0.717) is 24.9 Å². The molecule has 0 saturated carbocycles. The first-order valence-electron chi connectivity index (χ1n) is 5.18. The molecule has 0 unspecified atom stereocenters. The molecule has 0 amide bonds. The van der Waals surface area contributed by atoms with Crippen LogP contribution in [0.3, 0.4) is 0 Å². The van der Waals surface area contributed by atoms with Crippen LogP contribution in [0, 0.1) is 5.92 Å². The molecular formula is C11H20O3S. The van der Waals surface area contributed by atoms with Gasteiger partial charge in [0.1, 0.15) is 0 Å². The first kappa shape index (κ1) is 14.4. The number of allylic oxidation sites excluding steroid dienone is 1. The average Bonchev–Trinajstić information content (AvgIpc) is 2.16. The molecule has 0 rings (SSSR count). The van der Waals surface area contributed by atoms with E-state index in [1.54, 1.807) is 6.26 Å². The number of thioether (sulfide) groups is 1. The van der Waals surface area contributed by atoms with Crippen LogP contribution < -0.4 is 0 Å². The van der Waals surface area contributed by atoms with Gasteiger partial charge in [-0.05, 0) is 18.9 Å². The molecule has 0 aliphatic rings. The summed E-state index contributed by atoms with van der Waals surface area (Å²) in [5, 5.41) is 0. The molecule has 0 radical (unpaired) electrons. The maximum Gasteiger partial charge on any atom is 0.315 e. The van der Waals surface area contributed by atoms with Crippen molar-refractivity contribution in [1.29, 1.82) is 0 Å². The van der Waals surface area contributed by atoms with Gasteiger partial charge in [-0.25, -0.2) is 0 Å². The van der Waals surface area contributed by atoms with Crippen LogP contribution in [0.2, 0.25) is 0 Å². The SMILES string of the molecule is CCOC(=O)CSCCOC=CC(C)C. The highest BCUT2D eigenvalue weighted by Crippen LogP contribution is 2.01. The summed E-state index contributed by atoms with van der Waals surface area (Å²) in [6, 6.07) is 0. The van der Waals surface area contributed by atoms with Crippen LogP contribution in [0.1, 0.15) is 20.8 Å². The molecule has 0 spiro atoms. The standard InChI is InChI=1S/C11H20O3S/c1-4-14-11(12)9-15-8-7-13-6-5-10(2)3/h5-6,10H,4,7-9H2,1-3H3. The molecule has 0 heterocycles. The minimum absolute atomic E-state index is 0.153. The van der Waals surface area contributed by atoms with Gasteiger partial charge >= 0.3 is 5.97 Å². The van der Waals surface area contributed by atoms with Crippen LogP contribution in [0.25, 0.3) is 0 Å². The number of hydrogen-bond donors (Lipinski definition) is 0. The van der Waals surface area contributed by atoms with Crippen molar-refractivity contribution in [1.82, 2.24) is 0 Å². The second-order valence-electron chi connectivity index (χ2n) is 3.30. The fourth-order valence-corrected chi connectivity index (χ4v) is 1.35. The molecule has 0 aromatic heterocycles. The van der Waals surface area contributed by atoms with Crippen LogP contribution in [-0.4, -0.2) is 30.7 Å². The first-order valence-corrected chi connectivity index (χ1v) is 6.34. The summed E-state index contributed by atoms with van der Waals surface area (Å²) in [5.74, 6) is 1.57. The Balaban J connectivity index is 3.21. The molecule has 15 heavy (non-hydrogen) atoms. The lowest BCUT2D eigenvalue weighted by Gasteiger charge is -2.02. The van der Waals surface area contributed by atoms with Gasteiger partial charge < -0.3 is 9.47 Å². The Labute approximate surface area is 96.2 Å². The first-order chi connectivity index (χ1) is 7.16. The number of ether oxygens (including phenoxy) is 2. The van der Waals surface area contributed by atoms with Crippen LogP contribution >= 0.6 is 11.8 Å². The van der Waals surface area contributed by atoms with Crippen molar-refractivity contribution >= 4 is 17.7 Å². The van der Waals surface area contributed by atoms with Crippen molar-refractivity contribution in [3.8, 4) is 0 Å². The highest BCUT2D eigenvalue weighted by molar-refractivity contribution is 7.99. The van der Waals surface area contributed by atoms with E-state index in [-0.39, 0.29) is 5.97 Å². The minimum Gasteiger partial charge on any atom is -0.501 e. The molecule has 0 aliphatic heterocycles. The summed E-state index contributed by atoms with van der Waals surface area (Å²) in [6.07, 6.45) is 3.71. The van der Waals surface area contributed by atoms with Crippen molar-refractivity contribution in [3.63, 3.8) is 0 Å². The van der Waals surface area contributed by atoms with Gasteiger partial charge in [-0.1, -0.05) is 13.8 Å². The van der Waals surface area contributed by atoms with Gasteiger partial charge in [0.2, 0.25) is 0 Å². The number of hydrogen-bond acceptors (Lipinski definition) is 4. The summed E-state index contributed by atoms with van der Waals surface area (Å²) in [5.41, 5.74) is 0. The summed E-state index contributed by atoms with van der Waals surface area (Å²) < 4.78 is 10.0. The largest absolute Gasteiger partial charge is 0.501 e. The van der Waals surface area contributed by atoms with Crippen LogP contribution in [0.15, 0.2) is 12.3 Å². The zero-order chi connectivity index (χ0) is 11.5. The van der Waals surface area contributed by atoms with E-state index in [2.05, 4.69) is 13.8 Å². The Hall–Kier alpha value is -0.640. The van der Waals surface area contributed by atoms with Gasteiger partial charge in [-0.15, -0.1) is 11.8 Å². The van der Waals surface area contributed by atoms with E-state index in [1.807, 2.05) is 13.0 Å². The topological polar surface area (TPSA) is 35.5 Å². The molecule has 4 heteroatoms. The number of carbonyl (C=O) groups excluding carboxylic acids is 1. The summed E-state index contributed by atoms with van der Waals surface area (Å²) in [7, 11) is 0. The van der Waals surface area contributed by atoms with E-state index in [4.69, 9.17) is 9.47 Å². The minimum atomic E-state index is -0.153. The second-order valence-corrected chi connectivity index (χ2v) is 4.41. The Bertz CT molecular complexity index is 190. The Morgan fingerprint density at radius 1 is 1.47 bits per heavy atom. The van der Waals surface area contributed by atoms with Crippen molar-refractivity contribution in [3.05, 3.63) is 12.3 Å². The fraction of sp³-hybridized carbons (Fsp3) is 0.727. The Morgan fingerprint density at radius 2 is 2.20 bits per heavy atom. The lowest BCUT2D eigenvalue weighted by molar-refractivity contribution is -0.139. The van der Waals surface area contributed by atoms with Crippen LogP contribution in [-0.2, 0) is 14.3 Å². The van der Waals surface area contributed by atoms with Crippen molar-refractivity contribution < 1.29 is 14.3 Å². The lowest BCUT2D eigenvalue weighted by Crippen LogP contribution is -2.07. The molecule has 0 saturated heterocycles. The third-order valence-corrected chi connectivity index (χ3v) is 2.33. The van der Waals surface area contributed by atoms with E-state index >= 15 is 0 Å². The second kappa shape index (κ2) is 9.90. The predicted molar refractivity (Wildman–Crippen MR) is 63.9 cm³/mol. The molecule has 0 atom stereocenters. The van der Waals surface area contributed by atoms with Crippen molar-refractivity contribution in [2.45, 2.75) is 20.8 Å². The highest BCUT2D eigenvalue weighted by Gasteiger charge is 2.00. The molecule has 3 nitrogen and oxygen atoms in total. The maximum absolute atomic E-state index is 10.9. The van der Waals surface area contributed by atoms with Gasteiger partial charge in [0.15, 0.2) is 0 Å². The number of rotatable bonds is 8. The zero-order valence-electron chi connectivity index (χ0n) is 9.69. The van der Waals surface area contributed by atoms with Gasteiger partial charge in [0.05, 0.1) is 25.2 Å². The van der Waals surface area contributed by atoms with Gasteiger partial charge in [0.25, 0.3) is 0 Å². The maximum atomic E-state index is 10.9. The quantitative estimate of drug-likeness (QED) is 0.366. The van der Waals surface area contributed by atoms with Crippen LogP contribution in [0.5, 0.6) is 0 Å². The smallest absolute Gasteiger partial charge is 0.315 e. The molecule has 0 aliphatic carbocycles. The van der Waals surface area contributed by atoms with Crippen molar-refractivity contribution in [2.75, 3.05) is 24.7 Å². The summed E-state index contributed by atoms with van der Waals surface area (Å²) in [6.45, 7) is 7.08. The molecular weight excluding hydrogens is 212 g/mol. The normalized spacial score (nSPS) is 10.9. The molecule has 0 bridgehead atoms. The molecule has 88 valence electrons. The zero-order valence-corrected chi connectivity index (χ0v) is 10.5. The monoisotopic (exact) mass is 232 g/mol. The Morgan fingerprint density at radius 3 is 2.80 bits per heavy atom. The van der Waals surface area contributed by atoms with E-state index in [0.717, 1.165) is 5.75 Å². The average molecular weight is 232 g/mol. The Kier molecular flexibility index (Phi) is 9.48. The number of esters is 1. The van der Waals surface area contributed by atoms with Crippen LogP contribution in [0.4, 0.5) is 0 Å². The number of carbonyl (C=O) groups is 1. The molecule has 0 aromatic carbocycles. The highest BCUT2D eigenvalue weighted by atomic mass is 32.2. The van der Waals surface area contributed by atoms with Gasteiger partial charge in [-0.2, -0.15) is 0 Å². The van der Waals surface area contributed by atoms with E-state index in [9.17, 15) is 4.79 Å². The predicted octanol–water partition coefficient (Wildman–Crippen LogP) is 2.47. The van der Waals surface area contributed by atoms with Gasteiger partial charge in [0, 0.05) is 5.75 Å². The molecule has 0 fully saturated rings.